The zero-order chi connectivity index (χ0) is 28.9. The Bertz CT molecular complexity index is 2440. The van der Waals surface area contributed by atoms with E-state index in [1.54, 1.807) is 0 Å². The van der Waals surface area contributed by atoms with E-state index in [0.29, 0.717) is 0 Å². The molecule has 0 spiro atoms. The molecule has 0 bridgehead atoms. The number of para-hydroxylation sites is 2. The summed E-state index contributed by atoms with van der Waals surface area (Å²) in [6.07, 6.45) is 0. The van der Waals surface area contributed by atoms with Crippen LogP contribution in [0.3, 0.4) is 0 Å². The van der Waals surface area contributed by atoms with Crippen LogP contribution in [0, 0.1) is 6.92 Å². The zero-order valence-corrected chi connectivity index (χ0v) is 24.5. The van der Waals surface area contributed by atoms with Gasteiger partial charge in [0.1, 0.15) is 11.2 Å². The van der Waals surface area contributed by atoms with E-state index >= 15 is 0 Å². The van der Waals surface area contributed by atoms with Gasteiger partial charge in [-0.1, -0.05) is 135 Å². The highest BCUT2D eigenvalue weighted by molar-refractivity contribution is 6.24. The summed E-state index contributed by atoms with van der Waals surface area (Å²) >= 11 is 0. The van der Waals surface area contributed by atoms with Crippen molar-refractivity contribution in [1.82, 2.24) is 0 Å². The van der Waals surface area contributed by atoms with Crippen molar-refractivity contribution in [3.05, 3.63) is 144 Å². The monoisotopic (exact) mass is 550 g/mol. The van der Waals surface area contributed by atoms with Gasteiger partial charge >= 0.3 is 0 Å². The van der Waals surface area contributed by atoms with Gasteiger partial charge in [-0.15, -0.1) is 0 Å². The van der Waals surface area contributed by atoms with E-state index in [4.69, 9.17) is 4.42 Å². The van der Waals surface area contributed by atoms with Gasteiger partial charge in [0.15, 0.2) is 0 Å². The molecule has 1 aliphatic rings. The van der Waals surface area contributed by atoms with Gasteiger partial charge in [0.2, 0.25) is 0 Å². The Labute approximate surface area is 251 Å². The van der Waals surface area contributed by atoms with Crippen LogP contribution in [-0.2, 0) is 5.41 Å². The second kappa shape index (κ2) is 8.69. The highest BCUT2D eigenvalue weighted by Gasteiger charge is 2.35. The van der Waals surface area contributed by atoms with Crippen LogP contribution in [0.2, 0.25) is 0 Å². The van der Waals surface area contributed by atoms with Gasteiger partial charge in [0.25, 0.3) is 0 Å². The minimum atomic E-state index is -0.0552. The Morgan fingerprint density at radius 3 is 1.98 bits per heavy atom. The Hall–Kier alpha value is -5.14. The number of aryl methyl sites for hydroxylation is 1. The molecule has 1 aliphatic carbocycles. The second-order valence-electron chi connectivity index (χ2n) is 12.6. The van der Waals surface area contributed by atoms with Gasteiger partial charge in [-0.3, -0.25) is 0 Å². The number of hydrogen-bond donors (Lipinski definition) is 0. The third kappa shape index (κ3) is 3.34. The maximum absolute atomic E-state index is 6.58. The summed E-state index contributed by atoms with van der Waals surface area (Å²) < 4.78 is 6.58. The second-order valence-corrected chi connectivity index (χ2v) is 12.6. The molecule has 0 saturated carbocycles. The van der Waals surface area contributed by atoms with Crippen molar-refractivity contribution in [1.29, 1.82) is 0 Å². The highest BCUT2D eigenvalue weighted by Crippen LogP contribution is 2.51. The first-order valence-corrected chi connectivity index (χ1v) is 15.1. The van der Waals surface area contributed by atoms with Gasteiger partial charge in [-0.2, -0.15) is 0 Å². The van der Waals surface area contributed by atoms with Crippen LogP contribution in [-0.4, -0.2) is 0 Å². The summed E-state index contributed by atoms with van der Waals surface area (Å²) in [4.78, 5) is 0. The average molecular weight is 551 g/mol. The number of rotatable bonds is 2. The summed E-state index contributed by atoms with van der Waals surface area (Å²) in [5.74, 6) is 0. The molecular weight excluding hydrogens is 520 g/mol. The summed E-state index contributed by atoms with van der Waals surface area (Å²) in [6.45, 7) is 6.91. The summed E-state index contributed by atoms with van der Waals surface area (Å²) in [6, 6.07) is 46.8. The van der Waals surface area contributed by atoms with E-state index in [-0.39, 0.29) is 5.41 Å². The molecule has 1 heteroatoms. The lowest BCUT2D eigenvalue weighted by atomic mass is 9.80. The molecule has 0 saturated heterocycles. The zero-order valence-electron chi connectivity index (χ0n) is 24.5. The molecule has 1 heterocycles. The standard InChI is InChI=1S/C42H30O/c1-25-19-21-32-35(23-25)39(26-20-22-28-27-11-6-8-17-36(27)42(2,3)37(28)24-26)30-13-4-5-14-31(30)40(32)34-16-10-15-33-29-12-7-9-18-38(29)43-41(33)34/h4-24H,1-3H3. The Morgan fingerprint density at radius 1 is 0.465 bits per heavy atom. The molecule has 0 N–H and O–H groups in total. The van der Waals surface area contributed by atoms with Crippen LogP contribution >= 0.6 is 0 Å². The first-order valence-electron chi connectivity index (χ1n) is 15.1. The highest BCUT2D eigenvalue weighted by atomic mass is 16.3. The third-order valence-corrected chi connectivity index (χ3v) is 9.73. The molecule has 0 fully saturated rings. The average Bonchev–Trinajstić information content (AvgIpc) is 3.52. The first-order chi connectivity index (χ1) is 21.0. The fourth-order valence-corrected chi connectivity index (χ4v) is 7.70. The topological polar surface area (TPSA) is 13.1 Å². The Balaban J connectivity index is 1.39. The molecule has 0 unspecified atom stereocenters. The first kappa shape index (κ1) is 24.5. The van der Waals surface area contributed by atoms with E-state index in [1.165, 1.54) is 66.1 Å². The number of benzene rings is 7. The van der Waals surface area contributed by atoms with Crippen LogP contribution < -0.4 is 0 Å². The molecule has 7 aromatic carbocycles. The molecule has 1 nitrogen and oxygen atoms in total. The lowest BCUT2D eigenvalue weighted by molar-refractivity contribution is 0.660. The molecule has 204 valence electrons. The van der Waals surface area contributed by atoms with Crippen molar-refractivity contribution >= 4 is 43.5 Å². The number of fused-ring (bicyclic) bond motifs is 8. The van der Waals surface area contributed by atoms with Crippen molar-refractivity contribution in [2.24, 2.45) is 0 Å². The summed E-state index contributed by atoms with van der Waals surface area (Å²) in [7, 11) is 0. The minimum absolute atomic E-state index is 0.0552. The lowest BCUT2D eigenvalue weighted by Gasteiger charge is -2.23. The van der Waals surface area contributed by atoms with Gasteiger partial charge in [-0.25, -0.2) is 0 Å². The Morgan fingerprint density at radius 2 is 1.12 bits per heavy atom. The van der Waals surface area contributed by atoms with Crippen LogP contribution in [0.25, 0.3) is 76.9 Å². The fraction of sp³-hybridized carbons (Fsp3) is 0.0952. The predicted molar refractivity (Wildman–Crippen MR) is 182 cm³/mol. The normalized spacial score (nSPS) is 13.7. The molecule has 0 atom stereocenters. The minimum Gasteiger partial charge on any atom is -0.455 e. The third-order valence-electron chi connectivity index (χ3n) is 9.73. The molecule has 0 radical (unpaired) electrons. The van der Waals surface area contributed by atoms with Crippen molar-refractivity contribution in [3.63, 3.8) is 0 Å². The van der Waals surface area contributed by atoms with Crippen LogP contribution in [0.1, 0.15) is 30.5 Å². The van der Waals surface area contributed by atoms with Gasteiger partial charge in [0, 0.05) is 27.3 Å². The molecule has 0 amide bonds. The smallest absolute Gasteiger partial charge is 0.143 e. The van der Waals surface area contributed by atoms with Crippen LogP contribution in [0.5, 0.6) is 0 Å². The molecule has 0 aliphatic heterocycles. The molecule has 43 heavy (non-hydrogen) atoms. The van der Waals surface area contributed by atoms with Crippen LogP contribution in [0.4, 0.5) is 0 Å². The quantitative estimate of drug-likeness (QED) is 0.195. The molecular formula is C42H30O. The van der Waals surface area contributed by atoms with Crippen molar-refractivity contribution in [3.8, 4) is 33.4 Å². The summed E-state index contributed by atoms with van der Waals surface area (Å²) in [5.41, 5.74) is 13.5. The van der Waals surface area contributed by atoms with Gasteiger partial charge in [-0.05, 0) is 74.0 Å². The van der Waals surface area contributed by atoms with E-state index in [0.717, 1.165) is 27.5 Å². The van der Waals surface area contributed by atoms with E-state index in [2.05, 4.69) is 142 Å². The molecule has 1 aromatic heterocycles. The lowest BCUT2D eigenvalue weighted by Crippen LogP contribution is -2.14. The molecule has 9 rings (SSSR count). The van der Waals surface area contributed by atoms with Gasteiger partial charge in [0.05, 0.1) is 0 Å². The van der Waals surface area contributed by atoms with E-state index in [1.807, 2.05) is 6.07 Å². The van der Waals surface area contributed by atoms with Crippen molar-refractivity contribution < 1.29 is 4.42 Å². The Kier molecular flexibility index (Phi) is 4.94. The van der Waals surface area contributed by atoms with E-state index in [9.17, 15) is 0 Å². The van der Waals surface area contributed by atoms with Crippen LogP contribution in [0.15, 0.2) is 132 Å². The fourth-order valence-electron chi connectivity index (χ4n) is 7.70. The largest absolute Gasteiger partial charge is 0.455 e. The number of furan rings is 1. The maximum Gasteiger partial charge on any atom is 0.143 e. The predicted octanol–water partition coefficient (Wildman–Crippen LogP) is 11.8. The van der Waals surface area contributed by atoms with E-state index < -0.39 is 0 Å². The SMILES string of the molecule is Cc1ccc2c(-c3cccc4c3oc3ccccc34)c3ccccc3c(-c3ccc4c(c3)C(C)(C)c3ccccc3-4)c2c1. The van der Waals surface area contributed by atoms with Crippen molar-refractivity contribution in [2.45, 2.75) is 26.2 Å². The summed E-state index contributed by atoms with van der Waals surface area (Å²) in [5, 5.41) is 7.33. The van der Waals surface area contributed by atoms with Gasteiger partial charge < -0.3 is 4.42 Å². The number of hydrogen-bond acceptors (Lipinski definition) is 1. The van der Waals surface area contributed by atoms with Crippen molar-refractivity contribution in [2.75, 3.05) is 0 Å². The molecule has 8 aromatic rings. The maximum atomic E-state index is 6.58.